The van der Waals surface area contributed by atoms with Crippen molar-refractivity contribution in [1.29, 1.82) is 0 Å². The Morgan fingerprint density at radius 3 is 2.71 bits per heavy atom. The maximum Gasteiger partial charge on any atom is 0.410 e. The van der Waals surface area contributed by atoms with Crippen LogP contribution in [0.5, 0.6) is 0 Å². The molecule has 0 radical (unpaired) electrons. The molecule has 3 rings (SSSR count). The van der Waals surface area contributed by atoms with Crippen molar-refractivity contribution in [2.24, 2.45) is 11.0 Å². The second-order valence-corrected chi connectivity index (χ2v) is 9.60. The van der Waals surface area contributed by atoms with Gasteiger partial charge in [0.1, 0.15) is 11.4 Å². The summed E-state index contributed by atoms with van der Waals surface area (Å²) in [6.45, 7) is 9.32. The van der Waals surface area contributed by atoms with E-state index in [1.165, 1.54) is 6.42 Å². The van der Waals surface area contributed by atoms with Crippen molar-refractivity contribution in [3.05, 3.63) is 34.1 Å². The Kier molecular flexibility index (Phi) is 7.26. The van der Waals surface area contributed by atoms with Gasteiger partial charge in [-0.15, -0.1) is 0 Å². The molecule has 1 aliphatic heterocycles. The molecule has 1 amide bonds. The Morgan fingerprint density at radius 2 is 2.13 bits per heavy atom. The normalized spacial score (nSPS) is 20.4. The number of amides is 1. The highest BCUT2D eigenvalue weighted by atomic mass is 19.1. The Balaban J connectivity index is 1.75. The van der Waals surface area contributed by atoms with Crippen LogP contribution < -0.4 is 4.90 Å². The Labute approximate surface area is 183 Å². The molecule has 1 aromatic heterocycles. The quantitative estimate of drug-likeness (QED) is 0.253. The highest BCUT2D eigenvalue weighted by Crippen LogP contribution is 2.31. The lowest BCUT2D eigenvalue weighted by Crippen LogP contribution is -2.53. The van der Waals surface area contributed by atoms with Crippen molar-refractivity contribution in [1.82, 2.24) is 9.88 Å². The number of piperidine rings is 1. The van der Waals surface area contributed by atoms with Gasteiger partial charge in [0.05, 0.1) is 12.1 Å². The SMILES string of the molecule is CC(N=[N+]=[N-])c1ccc(N2CCC[C@@H](N(CC3CCC3)C(=O)OC(C)(C)C)C2)nc1F. The fourth-order valence-electron chi connectivity index (χ4n) is 4.13. The summed E-state index contributed by atoms with van der Waals surface area (Å²) >= 11 is 0. The van der Waals surface area contributed by atoms with E-state index in [0.29, 0.717) is 24.8 Å². The number of aromatic nitrogens is 1. The van der Waals surface area contributed by atoms with Crippen LogP contribution in [0.2, 0.25) is 0 Å². The van der Waals surface area contributed by atoms with Crippen molar-refractivity contribution < 1.29 is 13.9 Å². The summed E-state index contributed by atoms with van der Waals surface area (Å²) in [5.41, 5.74) is 8.32. The second-order valence-electron chi connectivity index (χ2n) is 9.60. The summed E-state index contributed by atoms with van der Waals surface area (Å²) in [5, 5.41) is 3.55. The molecule has 2 aliphatic rings. The Hall–Kier alpha value is -2.54. The standard InChI is InChI=1S/C22H33FN6O2/c1-15(26-27-24)18-10-11-19(25-20(18)23)28-12-6-9-17(14-28)29(13-16-7-5-8-16)21(30)31-22(2,3)4/h10-11,15-17H,5-9,12-14H2,1-4H3/t15?,17-/m1/s1. The van der Waals surface area contributed by atoms with Crippen LogP contribution in [0, 0.1) is 11.9 Å². The molecular formula is C22H33FN6O2. The number of halogens is 1. The van der Waals surface area contributed by atoms with Gasteiger partial charge in [-0.05, 0) is 64.0 Å². The first kappa shape index (κ1) is 23.1. The number of pyridine rings is 1. The highest BCUT2D eigenvalue weighted by molar-refractivity contribution is 5.69. The van der Waals surface area contributed by atoms with E-state index in [9.17, 15) is 9.18 Å². The van der Waals surface area contributed by atoms with Crippen molar-refractivity contribution in [2.45, 2.75) is 77.5 Å². The summed E-state index contributed by atoms with van der Waals surface area (Å²) in [4.78, 5) is 23.8. The van der Waals surface area contributed by atoms with E-state index < -0.39 is 17.6 Å². The van der Waals surface area contributed by atoms with Crippen molar-refractivity contribution in [3.8, 4) is 0 Å². The van der Waals surface area contributed by atoms with Crippen LogP contribution in [-0.4, -0.2) is 47.3 Å². The molecule has 170 valence electrons. The molecule has 0 N–H and O–H groups in total. The number of anilines is 1. The molecule has 1 saturated carbocycles. The van der Waals surface area contributed by atoms with Crippen LogP contribution in [-0.2, 0) is 4.74 Å². The molecule has 8 nitrogen and oxygen atoms in total. The fourth-order valence-corrected chi connectivity index (χ4v) is 4.13. The van der Waals surface area contributed by atoms with Crippen LogP contribution in [0.3, 0.4) is 0 Å². The lowest BCUT2D eigenvalue weighted by molar-refractivity contribution is 0.00733. The smallest absolute Gasteiger partial charge is 0.410 e. The number of carbonyl (C=O) groups excluding carboxylic acids is 1. The summed E-state index contributed by atoms with van der Waals surface area (Å²) < 4.78 is 20.3. The van der Waals surface area contributed by atoms with Gasteiger partial charge in [-0.1, -0.05) is 24.5 Å². The molecule has 2 fully saturated rings. The predicted octanol–water partition coefficient (Wildman–Crippen LogP) is 5.60. The van der Waals surface area contributed by atoms with Gasteiger partial charge in [0, 0.05) is 30.1 Å². The molecule has 0 spiro atoms. The Morgan fingerprint density at radius 1 is 1.39 bits per heavy atom. The molecule has 0 bridgehead atoms. The Bertz CT molecular complexity index is 832. The van der Waals surface area contributed by atoms with E-state index in [0.717, 1.165) is 32.2 Å². The van der Waals surface area contributed by atoms with E-state index in [1.54, 1.807) is 19.1 Å². The lowest BCUT2D eigenvalue weighted by Gasteiger charge is -2.42. The molecular weight excluding hydrogens is 399 g/mol. The number of ether oxygens (including phenoxy) is 1. The van der Waals surface area contributed by atoms with E-state index in [-0.39, 0.29) is 17.7 Å². The molecule has 1 aliphatic carbocycles. The van der Waals surface area contributed by atoms with Crippen LogP contribution in [0.1, 0.15) is 71.4 Å². The zero-order valence-corrected chi connectivity index (χ0v) is 18.9. The van der Waals surface area contributed by atoms with E-state index in [2.05, 4.69) is 15.0 Å². The van der Waals surface area contributed by atoms with Gasteiger partial charge in [0.2, 0.25) is 5.95 Å². The highest BCUT2D eigenvalue weighted by Gasteiger charge is 2.35. The van der Waals surface area contributed by atoms with E-state index in [1.807, 2.05) is 30.6 Å². The summed E-state index contributed by atoms with van der Waals surface area (Å²) in [7, 11) is 0. The maximum atomic E-state index is 14.6. The minimum absolute atomic E-state index is 0.00384. The first-order valence-corrected chi connectivity index (χ1v) is 11.1. The molecule has 1 saturated heterocycles. The van der Waals surface area contributed by atoms with Crippen LogP contribution in [0.15, 0.2) is 17.2 Å². The largest absolute Gasteiger partial charge is 0.444 e. The molecule has 0 aromatic carbocycles. The third kappa shape index (κ3) is 6.00. The van der Waals surface area contributed by atoms with Gasteiger partial charge in [-0.25, -0.2) is 9.78 Å². The van der Waals surface area contributed by atoms with Gasteiger partial charge >= 0.3 is 6.09 Å². The van der Waals surface area contributed by atoms with Gasteiger partial charge in [0.25, 0.3) is 0 Å². The van der Waals surface area contributed by atoms with Gasteiger partial charge in [-0.3, -0.25) is 0 Å². The average molecular weight is 433 g/mol. The van der Waals surface area contributed by atoms with Gasteiger partial charge < -0.3 is 14.5 Å². The molecule has 1 aromatic rings. The number of hydrogen-bond donors (Lipinski definition) is 0. The molecule has 2 heterocycles. The number of hydrogen-bond acceptors (Lipinski definition) is 5. The minimum Gasteiger partial charge on any atom is -0.444 e. The lowest BCUT2D eigenvalue weighted by atomic mass is 9.84. The summed E-state index contributed by atoms with van der Waals surface area (Å²) in [5.74, 6) is 0.435. The fraction of sp³-hybridized carbons (Fsp3) is 0.727. The zero-order chi connectivity index (χ0) is 22.6. The zero-order valence-electron chi connectivity index (χ0n) is 18.9. The third-order valence-corrected chi connectivity index (χ3v) is 6.01. The monoisotopic (exact) mass is 432 g/mol. The van der Waals surface area contributed by atoms with Crippen molar-refractivity contribution in [2.75, 3.05) is 24.5 Å². The number of nitrogens with zero attached hydrogens (tertiary/aromatic N) is 6. The van der Waals surface area contributed by atoms with Crippen molar-refractivity contribution in [3.63, 3.8) is 0 Å². The molecule has 31 heavy (non-hydrogen) atoms. The molecule has 9 heteroatoms. The number of rotatable bonds is 6. The van der Waals surface area contributed by atoms with Gasteiger partial charge in [0.15, 0.2) is 0 Å². The van der Waals surface area contributed by atoms with Crippen LogP contribution in [0.25, 0.3) is 10.4 Å². The minimum atomic E-state index is -0.627. The molecule has 2 atom stereocenters. The van der Waals surface area contributed by atoms with Gasteiger partial charge in [-0.2, -0.15) is 4.39 Å². The first-order valence-electron chi connectivity index (χ1n) is 11.1. The summed E-state index contributed by atoms with van der Waals surface area (Å²) in [6.07, 6.45) is 5.00. The predicted molar refractivity (Wildman–Crippen MR) is 117 cm³/mol. The topological polar surface area (TPSA) is 94.4 Å². The average Bonchev–Trinajstić information content (AvgIpc) is 2.66. The van der Waals surface area contributed by atoms with E-state index in [4.69, 9.17) is 10.3 Å². The number of carbonyl (C=O) groups is 1. The first-order chi connectivity index (χ1) is 14.7. The molecule has 1 unspecified atom stereocenters. The van der Waals surface area contributed by atoms with E-state index >= 15 is 0 Å². The maximum absolute atomic E-state index is 14.6. The van der Waals surface area contributed by atoms with Crippen molar-refractivity contribution >= 4 is 11.9 Å². The number of azide groups is 1. The second kappa shape index (κ2) is 9.73. The van der Waals surface area contributed by atoms with Crippen LogP contribution >= 0.6 is 0 Å². The third-order valence-electron chi connectivity index (χ3n) is 6.01. The summed E-state index contributed by atoms with van der Waals surface area (Å²) in [6, 6.07) is 2.76. The van der Waals surface area contributed by atoms with Crippen LogP contribution in [0.4, 0.5) is 15.0 Å².